The van der Waals surface area contributed by atoms with Crippen LogP contribution in [0.2, 0.25) is 0 Å². The summed E-state index contributed by atoms with van der Waals surface area (Å²) in [5.41, 5.74) is 0.888. The molecular formula is C28H44FN9O2. The lowest BCUT2D eigenvalue weighted by molar-refractivity contribution is -0.131. The second-order valence-electron chi connectivity index (χ2n) is 12.7. The van der Waals surface area contributed by atoms with E-state index in [1.807, 2.05) is 15.8 Å². The lowest BCUT2D eigenvalue weighted by atomic mass is 9.77. The standard InChI is InChI=1S/C28H44FN9O2/c1-5-23(39)35-10-11-37(17(4)13-35)26-20-12-21(29)22-7-6-19-15-36(34-33-19)14-18-8-9-30-24(16(2)3)25(18)38(27(20)31-22)28(40)32-26/h5,15-18,20-22,24-27,30-31H,1,6-14H2,2-4H3,(H,32,40)/t17-,18?,20?,21?,22?,24?,25?,26?,27?/m0/s1. The monoisotopic (exact) mass is 557 g/mol. The SMILES string of the molecule is C=CC(=O)N1CCN(C2NC(=O)N3C4NC(CCc5cn(nn5)CC5CCNC(C(C)C)C53)C(F)CC42)[C@@H](C)C1. The summed E-state index contributed by atoms with van der Waals surface area (Å²) in [6.45, 7) is 13.4. The molecule has 8 unspecified atom stereocenters. The minimum Gasteiger partial charge on any atom is -0.336 e. The highest BCUT2D eigenvalue weighted by molar-refractivity contribution is 5.87. The van der Waals surface area contributed by atoms with Gasteiger partial charge in [-0.25, -0.2) is 9.18 Å². The van der Waals surface area contributed by atoms with Crippen LogP contribution in [0.5, 0.6) is 0 Å². The minimum absolute atomic E-state index is 0.0163. The van der Waals surface area contributed by atoms with Gasteiger partial charge in [-0.05, 0) is 51.1 Å². The van der Waals surface area contributed by atoms with E-state index in [0.29, 0.717) is 51.4 Å². The third-order valence-corrected chi connectivity index (χ3v) is 9.96. The summed E-state index contributed by atoms with van der Waals surface area (Å²) in [6, 6.07) is -0.441. The number of amides is 3. The van der Waals surface area contributed by atoms with Crippen LogP contribution in [0.25, 0.3) is 0 Å². The van der Waals surface area contributed by atoms with Gasteiger partial charge in [-0.2, -0.15) is 0 Å². The van der Waals surface area contributed by atoms with E-state index in [4.69, 9.17) is 0 Å². The van der Waals surface area contributed by atoms with Crippen LogP contribution in [-0.2, 0) is 17.8 Å². The minimum atomic E-state index is -1.04. The number of aromatic nitrogens is 3. The second kappa shape index (κ2) is 11.0. The highest BCUT2D eigenvalue weighted by Gasteiger charge is 2.55. The summed E-state index contributed by atoms with van der Waals surface area (Å²) in [7, 11) is 0. The molecule has 0 spiro atoms. The number of rotatable bonds is 3. The Morgan fingerprint density at radius 2 is 2.05 bits per heavy atom. The van der Waals surface area contributed by atoms with Gasteiger partial charge in [0.25, 0.3) is 0 Å². The van der Waals surface area contributed by atoms with Gasteiger partial charge >= 0.3 is 6.03 Å². The largest absolute Gasteiger partial charge is 0.336 e. The fourth-order valence-corrected chi connectivity index (χ4v) is 7.99. The number of piperidine rings is 2. The molecule has 3 amide bonds. The highest BCUT2D eigenvalue weighted by Crippen LogP contribution is 2.39. The summed E-state index contributed by atoms with van der Waals surface area (Å²) in [5.74, 6) is 0.266. The van der Waals surface area contributed by atoms with Crippen molar-refractivity contribution in [1.29, 1.82) is 0 Å². The van der Waals surface area contributed by atoms with Crippen molar-refractivity contribution in [2.45, 2.75) is 95.7 Å². The van der Waals surface area contributed by atoms with E-state index < -0.39 is 6.17 Å². The Morgan fingerprint density at radius 1 is 1.23 bits per heavy atom. The summed E-state index contributed by atoms with van der Waals surface area (Å²) < 4.78 is 17.8. The lowest BCUT2D eigenvalue weighted by Gasteiger charge is -2.59. The summed E-state index contributed by atoms with van der Waals surface area (Å²) in [5, 5.41) is 19.5. The molecule has 0 aliphatic carbocycles. The van der Waals surface area contributed by atoms with E-state index in [0.717, 1.165) is 18.7 Å². The second-order valence-corrected chi connectivity index (χ2v) is 12.7. The van der Waals surface area contributed by atoms with Crippen LogP contribution < -0.4 is 16.0 Å². The summed E-state index contributed by atoms with van der Waals surface area (Å²) in [6.07, 6.45) is 4.22. The first-order valence-corrected chi connectivity index (χ1v) is 15.0. The summed E-state index contributed by atoms with van der Waals surface area (Å²) in [4.78, 5) is 32.6. The Hall–Kier alpha value is -2.57. The third-order valence-electron chi connectivity index (χ3n) is 9.96. The van der Waals surface area contributed by atoms with Gasteiger partial charge in [0.05, 0.1) is 24.1 Å². The predicted molar refractivity (Wildman–Crippen MR) is 148 cm³/mol. The zero-order chi connectivity index (χ0) is 28.1. The molecule has 4 saturated heterocycles. The average molecular weight is 558 g/mol. The highest BCUT2D eigenvalue weighted by atomic mass is 19.1. The molecule has 40 heavy (non-hydrogen) atoms. The van der Waals surface area contributed by atoms with Crippen LogP contribution in [0, 0.1) is 17.8 Å². The number of carbonyl (C=O) groups is 2. The number of nitrogens with one attached hydrogen (secondary N) is 3. The van der Waals surface area contributed by atoms with Crippen LogP contribution in [-0.4, -0.2) is 110 Å². The Balaban J connectivity index is 1.36. The average Bonchev–Trinajstić information content (AvgIpc) is 3.38. The third kappa shape index (κ3) is 4.92. The van der Waals surface area contributed by atoms with Crippen molar-refractivity contribution >= 4 is 11.9 Å². The molecule has 11 nitrogen and oxygen atoms in total. The number of hydrogen-bond donors (Lipinski definition) is 3. The molecule has 0 aromatic carbocycles. The summed E-state index contributed by atoms with van der Waals surface area (Å²) >= 11 is 0. The first kappa shape index (κ1) is 27.6. The van der Waals surface area contributed by atoms with Crippen LogP contribution >= 0.6 is 0 Å². The van der Waals surface area contributed by atoms with E-state index in [-0.39, 0.29) is 60.3 Å². The number of nitrogens with zero attached hydrogens (tertiary/aromatic N) is 6. The number of piperazine rings is 1. The quantitative estimate of drug-likeness (QED) is 0.475. The molecule has 12 heteroatoms. The van der Waals surface area contributed by atoms with Gasteiger partial charge in [0.15, 0.2) is 0 Å². The molecular weight excluding hydrogens is 513 g/mol. The molecule has 0 radical (unpaired) electrons. The molecule has 0 saturated carbocycles. The zero-order valence-corrected chi connectivity index (χ0v) is 23.9. The lowest BCUT2D eigenvalue weighted by Crippen LogP contribution is -2.79. The molecule has 4 bridgehead atoms. The molecule has 6 heterocycles. The van der Waals surface area contributed by atoms with Gasteiger partial charge in [-0.3, -0.25) is 19.7 Å². The predicted octanol–water partition coefficient (Wildman–Crippen LogP) is 0.939. The normalized spacial score (nSPS) is 38.6. The molecule has 5 aliphatic rings. The maximum atomic E-state index is 15.9. The van der Waals surface area contributed by atoms with Gasteiger partial charge < -0.3 is 20.4 Å². The van der Waals surface area contributed by atoms with Crippen molar-refractivity contribution in [2.75, 3.05) is 26.2 Å². The van der Waals surface area contributed by atoms with E-state index in [1.54, 1.807) is 4.90 Å². The van der Waals surface area contributed by atoms with Crippen LogP contribution in [0.4, 0.5) is 9.18 Å². The maximum absolute atomic E-state index is 15.9. The Labute approximate surface area is 235 Å². The van der Waals surface area contributed by atoms with Crippen molar-refractivity contribution < 1.29 is 14.0 Å². The van der Waals surface area contributed by atoms with Crippen LogP contribution in [0.15, 0.2) is 18.9 Å². The van der Waals surface area contributed by atoms with Gasteiger partial charge in [-0.1, -0.05) is 25.6 Å². The molecule has 5 aliphatic heterocycles. The molecule has 9 atom stereocenters. The maximum Gasteiger partial charge on any atom is 0.320 e. The smallest absolute Gasteiger partial charge is 0.320 e. The number of urea groups is 1. The number of carbonyl (C=O) groups excluding carboxylic acids is 2. The van der Waals surface area contributed by atoms with Gasteiger partial charge in [-0.15, -0.1) is 5.10 Å². The Morgan fingerprint density at radius 3 is 2.80 bits per heavy atom. The first-order valence-electron chi connectivity index (χ1n) is 15.0. The van der Waals surface area contributed by atoms with Crippen molar-refractivity contribution in [3.63, 3.8) is 0 Å². The van der Waals surface area contributed by atoms with E-state index in [2.05, 4.69) is 58.5 Å². The number of aryl methyl sites for hydroxylation is 1. The van der Waals surface area contributed by atoms with Crippen molar-refractivity contribution in [1.82, 2.24) is 45.6 Å². The zero-order valence-electron chi connectivity index (χ0n) is 23.9. The van der Waals surface area contributed by atoms with Gasteiger partial charge in [0.2, 0.25) is 5.91 Å². The van der Waals surface area contributed by atoms with Crippen LogP contribution in [0.3, 0.4) is 0 Å². The van der Waals surface area contributed by atoms with Crippen molar-refractivity contribution in [3.05, 3.63) is 24.5 Å². The Kier molecular flexibility index (Phi) is 7.60. The van der Waals surface area contributed by atoms with Gasteiger partial charge in [0, 0.05) is 62.3 Å². The fourth-order valence-electron chi connectivity index (χ4n) is 7.99. The van der Waals surface area contributed by atoms with Crippen molar-refractivity contribution in [2.24, 2.45) is 17.8 Å². The number of hydrogen-bond acceptors (Lipinski definition) is 7. The van der Waals surface area contributed by atoms with Crippen LogP contribution in [0.1, 0.15) is 45.7 Å². The van der Waals surface area contributed by atoms with E-state index in [9.17, 15) is 9.59 Å². The van der Waals surface area contributed by atoms with E-state index in [1.165, 1.54) is 6.08 Å². The molecule has 1 aromatic rings. The molecule has 1 aromatic heterocycles. The molecule has 220 valence electrons. The number of halogens is 1. The Bertz CT molecular complexity index is 1110. The molecule has 4 fully saturated rings. The first-order chi connectivity index (χ1) is 19.2. The molecule has 6 rings (SSSR count). The van der Waals surface area contributed by atoms with Gasteiger partial charge in [0.1, 0.15) is 6.17 Å². The molecule has 3 N–H and O–H groups in total. The topological polar surface area (TPSA) is 111 Å². The number of alkyl halides is 1. The van der Waals surface area contributed by atoms with Crippen molar-refractivity contribution in [3.8, 4) is 0 Å². The number of fused-ring (bicyclic) bond motifs is 5. The van der Waals surface area contributed by atoms with E-state index >= 15 is 4.39 Å². The fraction of sp³-hybridized carbons (Fsp3) is 0.786.